The number of nitrogens with zero attached hydrogens (tertiary/aromatic N) is 1. The van der Waals surface area contributed by atoms with Gasteiger partial charge in [-0.15, -0.1) is 0 Å². The van der Waals surface area contributed by atoms with Crippen molar-refractivity contribution in [2.24, 2.45) is 0 Å². The number of sulfonamides is 1. The summed E-state index contributed by atoms with van der Waals surface area (Å²) in [5.74, 6) is -0.381. The molecule has 22 heavy (non-hydrogen) atoms. The Balaban J connectivity index is 1.88. The third-order valence-corrected chi connectivity index (χ3v) is 5.87. The molecule has 1 aliphatic rings. The van der Waals surface area contributed by atoms with Crippen molar-refractivity contribution in [3.8, 4) is 0 Å². The Labute approximate surface area is 130 Å². The summed E-state index contributed by atoms with van der Waals surface area (Å²) in [6.45, 7) is 0.453. The molecule has 2 aromatic carbocycles. The van der Waals surface area contributed by atoms with Crippen molar-refractivity contribution in [1.82, 2.24) is 4.31 Å². The van der Waals surface area contributed by atoms with Crippen LogP contribution in [0.25, 0.3) is 0 Å². The van der Waals surface area contributed by atoms with Gasteiger partial charge in [0.05, 0.1) is 11.8 Å². The summed E-state index contributed by atoms with van der Waals surface area (Å²) in [5.41, 5.74) is 1.22. The van der Waals surface area contributed by atoms with Gasteiger partial charge in [0.1, 0.15) is 5.82 Å². The van der Waals surface area contributed by atoms with Gasteiger partial charge in [-0.25, -0.2) is 12.8 Å². The van der Waals surface area contributed by atoms with Crippen LogP contribution >= 0.6 is 0 Å². The molecular weight excluding hydrogens is 301 g/mol. The Morgan fingerprint density at radius 2 is 1.73 bits per heavy atom. The lowest BCUT2D eigenvalue weighted by Gasteiger charge is -2.24. The highest BCUT2D eigenvalue weighted by molar-refractivity contribution is 7.88. The topological polar surface area (TPSA) is 37.4 Å². The van der Waals surface area contributed by atoms with Gasteiger partial charge >= 0.3 is 0 Å². The third-order valence-electron chi connectivity index (χ3n) is 4.02. The minimum Gasteiger partial charge on any atom is -0.212 e. The van der Waals surface area contributed by atoms with E-state index in [0.29, 0.717) is 18.5 Å². The summed E-state index contributed by atoms with van der Waals surface area (Å²) in [5, 5.41) is 0. The van der Waals surface area contributed by atoms with E-state index >= 15 is 0 Å². The van der Waals surface area contributed by atoms with Crippen molar-refractivity contribution < 1.29 is 12.8 Å². The molecule has 3 nitrogen and oxygen atoms in total. The van der Waals surface area contributed by atoms with E-state index in [0.717, 1.165) is 12.0 Å². The molecule has 5 heteroatoms. The van der Waals surface area contributed by atoms with Crippen molar-refractivity contribution in [2.75, 3.05) is 6.54 Å². The molecule has 1 fully saturated rings. The van der Waals surface area contributed by atoms with E-state index in [4.69, 9.17) is 0 Å². The molecule has 0 radical (unpaired) electrons. The van der Waals surface area contributed by atoms with Crippen LogP contribution in [0.15, 0.2) is 54.6 Å². The molecule has 116 valence electrons. The molecule has 0 spiro atoms. The van der Waals surface area contributed by atoms with Crippen LogP contribution in [-0.4, -0.2) is 19.3 Å². The fourth-order valence-corrected chi connectivity index (χ4v) is 4.79. The minimum atomic E-state index is -3.46. The Bertz CT molecular complexity index is 746. The van der Waals surface area contributed by atoms with E-state index in [1.54, 1.807) is 30.3 Å². The highest BCUT2D eigenvalue weighted by Gasteiger charge is 2.36. The van der Waals surface area contributed by atoms with Gasteiger partial charge < -0.3 is 0 Å². The summed E-state index contributed by atoms with van der Waals surface area (Å²) in [6.07, 6.45) is 1.42. The van der Waals surface area contributed by atoms with Crippen molar-refractivity contribution in [3.63, 3.8) is 0 Å². The zero-order valence-corrected chi connectivity index (χ0v) is 13.0. The Morgan fingerprint density at radius 3 is 2.45 bits per heavy atom. The number of benzene rings is 2. The minimum absolute atomic E-state index is 0.0429. The van der Waals surface area contributed by atoms with Crippen molar-refractivity contribution in [3.05, 3.63) is 71.5 Å². The van der Waals surface area contributed by atoms with E-state index in [9.17, 15) is 12.8 Å². The summed E-state index contributed by atoms with van der Waals surface area (Å²) >= 11 is 0. The normalized spacial score (nSPS) is 19.4. The van der Waals surface area contributed by atoms with Crippen LogP contribution in [0.2, 0.25) is 0 Å². The largest absolute Gasteiger partial charge is 0.218 e. The average Bonchev–Trinajstić information content (AvgIpc) is 2.98. The zero-order chi connectivity index (χ0) is 15.6. The first-order valence-electron chi connectivity index (χ1n) is 7.36. The predicted molar refractivity (Wildman–Crippen MR) is 84.1 cm³/mol. The third kappa shape index (κ3) is 3.05. The smallest absolute Gasteiger partial charge is 0.212 e. The molecule has 0 aromatic heterocycles. The van der Waals surface area contributed by atoms with Crippen LogP contribution in [0.5, 0.6) is 0 Å². The molecule has 0 bridgehead atoms. The number of hydrogen-bond acceptors (Lipinski definition) is 2. The molecule has 2 aromatic rings. The monoisotopic (exact) mass is 319 g/mol. The average molecular weight is 319 g/mol. The van der Waals surface area contributed by atoms with Crippen molar-refractivity contribution in [2.45, 2.75) is 24.6 Å². The maximum Gasteiger partial charge on any atom is 0.218 e. The second-order valence-corrected chi connectivity index (χ2v) is 7.45. The summed E-state index contributed by atoms with van der Waals surface area (Å²) in [6, 6.07) is 15.1. The Hall–Kier alpha value is -1.72. The summed E-state index contributed by atoms with van der Waals surface area (Å²) in [4.78, 5) is 0. The van der Waals surface area contributed by atoms with Crippen LogP contribution in [0.3, 0.4) is 0 Å². The van der Waals surface area contributed by atoms with E-state index in [1.807, 2.05) is 18.2 Å². The summed E-state index contributed by atoms with van der Waals surface area (Å²) < 4.78 is 40.9. The van der Waals surface area contributed by atoms with E-state index < -0.39 is 16.1 Å². The maximum atomic E-state index is 14.0. The fourth-order valence-electron chi connectivity index (χ4n) is 3.00. The molecule has 0 N–H and O–H groups in total. The maximum absolute atomic E-state index is 14.0. The molecule has 3 rings (SSSR count). The molecule has 1 aliphatic heterocycles. The van der Waals surface area contributed by atoms with Gasteiger partial charge in [-0.2, -0.15) is 4.31 Å². The van der Waals surface area contributed by atoms with Gasteiger partial charge in [0.2, 0.25) is 10.0 Å². The molecule has 1 saturated heterocycles. The highest BCUT2D eigenvalue weighted by atomic mass is 32.2. The Kier molecular flexibility index (Phi) is 4.27. The predicted octanol–water partition coefficient (Wildman–Crippen LogP) is 3.49. The quantitative estimate of drug-likeness (QED) is 0.865. The lowest BCUT2D eigenvalue weighted by atomic mass is 10.1. The van der Waals surface area contributed by atoms with Gasteiger partial charge in [0.15, 0.2) is 0 Å². The molecular formula is C17H18FNO2S. The van der Waals surface area contributed by atoms with E-state index in [1.165, 1.54) is 10.4 Å². The van der Waals surface area contributed by atoms with Crippen LogP contribution in [-0.2, 0) is 15.8 Å². The first-order chi connectivity index (χ1) is 10.6. The second-order valence-electron chi connectivity index (χ2n) is 5.53. The Morgan fingerprint density at radius 1 is 1.05 bits per heavy atom. The molecule has 0 amide bonds. The van der Waals surface area contributed by atoms with Crippen molar-refractivity contribution >= 4 is 10.0 Å². The van der Waals surface area contributed by atoms with Gasteiger partial charge in [-0.1, -0.05) is 48.5 Å². The first-order valence-corrected chi connectivity index (χ1v) is 8.97. The number of hydrogen-bond donors (Lipinski definition) is 0. The molecule has 0 aliphatic carbocycles. The van der Waals surface area contributed by atoms with Gasteiger partial charge in [-0.05, 0) is 24.5 Å². The van der Waals surface area contributed by atoms with Crippen LogP contribution in [0, 0.1) is 5.82 Å². The van der Waals surface area contributed by atoms with Crippen LogP contribution in [0.1, 0.15) is 30.0 Å². The standard InChI is InChI=1S/C17H18FNO2S/c18-16-10-5-4-9-15(16)17-11-6-12-19(17)22(20,21)13-14-7-2-1-3-8-14/h1-5,7-10,17H,6,11-13H2/t17-/m0/s1. The lowest BCUT2D eigenvalue weighted by Crippen LogP contribution is -2.32. The number of halogens is 1. The zero-order valence-electron chi connectivity index (χ0n) is 12.2. The van der Waals surface area contributed by atoms with Gasteiger partial charge in [-0.3, -0.25) is 0 Å². The van der Waals surface area contributed by atoms with Gasteiger partial charge in [0.25, 0.3) is 0 Å². The highest BCUT2D eigenvalue weighted by Crippen LogP contribution is 2.36. The van der Waals surface area contributed by atoms with Crippen molar-refractivity contribution in [1.29, 1.82) is 0 Å². The molecule has 1 atom stereocenters. The molecule has 0 saturated carbocycles. The second kappa shape index (κ2) is 6.18. The SMILES string of the molecule is O=S(=O)(Cc1ccccc1)N1CCC[C@H]1c1ccccc1F. The molecule has 0 unspecified atom stereocenters. The lowest BCUT2D eigenvalue weighted by molar-refractivity contribution is 0.386. The number of rotatable bonds is 4. The van der Waals surface area contributed by atoms with Crippen LogP contribution < -0.4 is 0 Å². The summed E-state index contributed by atoms with van der Waals surface area (Å²) in [7, 11) is -3.46. The fraction of sp³-hybridized carbons (Fsp3) is 0.294. The van der Waals surface area contributed by atoms with E-state index in [-0.39, 0.29) is 11.6 Å². The van der Waals surface area contributed by atoms with Gasteiger partial charge in [0, 0.05) is 12.1 Å². The van der Waals surface area contributed by atoms with E-state index in [2.05, 4.69) is 0 Å². The first kappa shape index (κ1) is 15.2. The molecule has 1 heterocycles. The van der Waals surface area contributed by atoms with Crippen LogP contribution in [0.4, 0.5) is 4.39 Å².